The fourth-order valence-corrected chi connectivity index (χ4v) is 2.79. The lowest BCUT2D eigenvalue weighted by molar-refractivity contribution is -0.245. The summed E-state index contributed by atoms with van der Waals surface area (Å²) in [6.45, 7) is 8.31. The second-order valence-electron chi connectivity index (χ2n) is 5.15. The van der Waals surface area contributed by atoms with Crippen LogP contribution >= 0.6 is 22.9 Å². The predicted octanol–water partition coefficient (Wildman–Crippen LogP) is 2.34. The van der Waals surface area contributed by atoms with E-state index in [4.69, 9.17) is 0 Å². The van der Waals surface area contributed by atoms with Crippen LogP contribution in [0.2, 0.25) is 0 Å². The van der Waals surface area contributed by atoms with Gasteiger partial charge in [-0.1, -0.05) is 0 Å². The molecule has 3 nitrogen and oxygen atoms in total. The Morgan fingerprint density at radius 3 is 1.92 bits per heavy atom. The minimum atomic E-state index is -0.134. The van der Waals surface area contributed by atoms with Crippen LogP contribution in [0.1, 0.15) is 40.5 Å². The second-order valence-corrected chi connectivity index (χ2v) is 5.77. The van der Waals surface area contributed by atoms with Gasteiger partial charge >= 0.3 is 0 Å². The molecule has 0 aliphatic carbocycles. The highest BCUT2D eigenvalue weighted by molar-refractivity contribution is 14.1. The lowest BCUT2D eigenvalue weighted by Crippen LogP contribution is -2.61. The molecule has 78 valence electrons. The Bertz CT molecular complexity index is 176. The molecule has 1 heterocycles. The van der Waals surface area contributed by atoms with Crippen molar-refractivity contribution >= 4 is 22.9 Å². The highest BCUT2D eigenvalue weighted by atomic mass is 127. The van der Waals surface area contributed by atoms with Crippen LogP contribution in [-0.2, 0) is 0 Å². The second kappa shape index (κ2) is 3.64. The molecule has 0 aromatic carbocycles. The molecule has 0 aromatic rings. The standard InChI is InChI=1S/C9H19IN2O/c1-8(2)5-7(11-10)6-9(3,4)12(8)13/h7,11,13H,5-6H2,1-4H3. The Morgan fingerprint density at radius 2 is 1.62 bits per heavy atom. The van der Waals surface area contributed by atoms with Gasteiger partial charge in [-0.15, -0.1) is 0 Å². The SMILES string of the molecule is CC1(C)CC(NI)CC(C)(C)N1O. The zero-order valence-corrected chi connectivity index (χ0v) is 10.9. The van der Waals surface area contributed by atoms with E-state index in [0.717, 1.165) is 12.8 Å². The number of hydrogen-bond donors (Lipinski definition) is 2. The molecule has 2 N–H and O–H groups in total. The summed E-state index contributed by atoms with van der Waals surface area (Å²) < 4.78 is 3.27. The topological polar surface area (TPSA) is 35.5 Å². The van der Waals surface area contributed by atoms with Crippen molar-refractivity contribution in [2.24, 2.45) is 0 Å². The average Bonchev–Trinajstić information content (AvgIpc) is 1.99. The van der Waals surface area contributed by atoms with Crippen LogP contribution in [0.5, 0.6) is 0 Å². The number of hydroxylamine groups is 2. The molecule has 0 amide bonds. The van der Waals surface area contributed by atoms with Crippen molar-refractivity contribution < 1.29 is 5.21 Å². The van der Waals surface area contributed by atoms with Gasteiger partial charge < -0.3 is 5.21 Å². The van der Waals surface area contributed by atoms with E-state index in [9.17, 15) is 5.21 Å². The average molecular weight is 298 g/mol. The van der Waals surface area contributed by atoms with Crippen LogP contribution in [0.4, 0.5) is 0 Å². The van der Waals surface area contributed by atoms with E-state index in [-0.39, 0.29) is 11.1 Å². The van der Waals surface area contributed by atoms with Crippen LogP contribution in [0.3, 0.4) is 0 Å². The third-order valence-corrected chi connectivity index (χ3v) is 3.67. The summed E-state index contributed by atoms with van der Waals surface area (Å²) in [5, 5.41) is 11.5. The quantitative estimate of drug-likeness (QED) is 0.576. The Morgan fingerprint density at radius 1 is 1.23 bits per heavy atom. The summed E-state index contributed by atoms with van der Waals surface area (Å²) in [4.78, 5) is 0. The Balaban J connectivity index is 2.82. The first-order valence-corrected chi connectivity index (χ1v) is 5.73. The summed E-state index contributed by atoms with van der Waals surface area (Å²) in [6, 6.07) is 0.494. The monoisotopic (exact) mass is 298 g/mol. The number of halogens is 1. The highest BCUT2D eigenvalue weighted by Gasteiger charge is 2.44. The van der Waals surface area contributed by atoms with Crippen molar-refractivity contribution in [2.75, 3.05) is 0 Å². The van der Waals surface area contributed by atoms with E-state index in [2.05, 4.69) is 54.1 Å². The van der Waals surface area contributed by atoms with Crippen molar-refractivity contribution in [3.8, 4) is 0 Å². The van der Waals surface area contributed by atoms with Crippen molar-refractivity contribution in [2.45, 2.75) is 57.7 Å². The summed E-state index contributed by atoms with van der Waals surface area (Å²) in [7, 11) is 0. The lowest BCUT2D eigenvalue weighted by atomic mass is 9.79. The van der Waals surface area contributed by atoms with E-state index >= 15 is 0 Å². The van der Waals surface area contributed by atoms with Gasteiger partial charge in [0, 0.05) is 40.0 Å². The molecule has 1 rings (SSSR count). The molecular weight excluding hydrogens is 279 g/mol. The first kappa shape index (κ1) is 11.7. The van der Waals surface area contributed by atoms with E-state index in [1.807, 2.05) is 0 Å². The molecule has 4 heteroatoms. The largest absolute Gasteiger partial charge is 0.313 e. The van der Waals surface area contributed by atoms with E-state index in [0.29, 0.717) is 6.04 Å². The van der Waals surface area contributed by atoms with Crippen LogP contribution < -0.4 is 3.53 Å². The van der Waals surface area contributed by atoms with Crippen molar-refractivity contribution in [3.05, 3.63) is 0 Å². The normalized spacial score (nSPS) is 29.1. The maximum Gasteiger partial charge on any atom is 0.0425 e. The number of hydrogen-bond acceptors (Lipinski definition) is 3. The van der Waals surface area contributed by atoms with Crippen LogP contribution in [0.15, 0.2) is 0 Å². The number of nitrogens with one attached hydrogen (secondary N) is 1. The molecular formula is C9H19IN2O. The summed E-state index contributed by atoms with van der Waals surface area (Å²) >= 11 is 2.20. The molecule has 13 heavy (non-hydrogen) atoms. The number of rotatable bonds is 1. The Hall–Kier alpha value is 0.610. The zero-order valence-electron chi connectivity index (χ0n) is 8.76. The molecule has 1 aliphatic rings. The van der Waals surface area contributed by atoms with Gasteiger partial charge in [-0.05, 0) is 40.5 Å². The van der Waals surface area contributed by atoms with Gasteiger partial charge in [-0.2, -0.15) is 5.06 Å². The smallest absolute Gasteiger partial charge is 0.0425 e. The van der Waals surface area contributed by atoms with Crippen molar-refractivity contribution in [1.29, 1.82) is 0 Å². The molecule has 1 fully saturated rings. The summed E-state index contributed by atoms with van der Waals surface area (Å²) in [5.41, 5.74) is -0.269. The predicted molar refractivity (Wildman–Crippen MR) is 62.0 cm³/mol. The van der Waals surface area contributed by atoms with Crippen LogP contribution in [0, 0.1) is 0 Å². The Kier molecular flexibility index (Phi) is 3.27. The molecule has 0 bridgehead atoms. The van der Waals surface area contributed by atoms with Crippen molar-refractivity contribution in [1.82, 2.24) is 8.59 Å². The van der Waals surface area contributed by atoms with Gasteiger partial charge in [0.1, 0.15) is 0 Å². The van der Waals surface area contributed by atoms with Gasteiger partial charge in [0.2, 0.25) is 0 Å². The molecule has 0 unspecified atom stereocenters. The molecule has 1 saturated heterocycles. The number of nitrogens with zero attached hydrogens (tertiary/aromatic N) is 1. The maximum absolute atomic E-state index is 9.98. The number of piperidine rings is 1. The molecule has 0 atom stereocenters. The van der Waals surface area contributed by atoms with E-state index < -0.39 is 0 Å². The Labute approximate surface area is 94.3 Å². The molecule has 0 radical (unpaired) electrons. The molecule has 0 aromatic heterocycles. The van der Waals surface area contributed by atoms with Gasteiger partial charge in [0.05, 0.1) is 0 Å². The van der Waals surface area contributed by atoms with Gasteiger partial charge in [-0.3, -0.25) is 3.53 Å². The third-order valence-electron chi connectivity index (χ3n) is 2.79. The maximum atomic E-state index is 9.98. The molecule has 1 aliphatic heterocycles. The van der Waals surface area contributed by atoms with Gasteiger partial charge in [0.15, 0.2) is 0 Å². The van der Waals surface area contributed by atoms with Crippen LogP contribution in [-0.4, -0.2) is 27.4 Å². The van der Waals surface area contributed by atoms with Crippen molar-refractivity contribution in [3.63, 3.8) is 0 Å². The van der Waals surface area contributed by atoms with E-state index in [1.54, 1.807) is 0 Å². The minimum Gasteiger partial charge on any atom is -0.313 e. The summed E-state index contributed by atoms with van der Waals surface area (Å²) in [5.74, 6) is 0. The molecule has 0 saturated carbocycles. The fourth-order valence-electron chi connectivity index (χ4n) is 2.35. The van der Waals surface area contributed by atoms with Gasteiger partial charge in [0.25, 0.3) is 0 Å². The first-order chi connectivity index (χ1) is 5.79. The first-order valence-electron chi connectivity index (χ1n) is 4.65. The minimum absolute atomic E-state index is 0.134. The van der Waals surface area contributed by atoms with E-state index in [1.165, 1.54) is 5.06 Å². The van der Waals surface area contributed by atoms with Crippen LogP contribution in [0.25, 0.3) is 0 Å². The lowest BCUT2D eigenvalue weighted by Gasteiger charge is -2.51. The summed E-state index contributed by atoms with van der Waals surface area (Å²) in [6.07, 6.45) is 1.96. The fraction of sp³-hybridized carbons (Fsp3) is 1.00. The third kappa shape index (κ3) is 2.34. The zero-order chi connectivity index (χ0) is 10.3. The highest BCUT2D eigenvalue weighted by Crippen LogP contribution is 2.36. The van der Waals surface area contributed by atoms with Gasteiger partial charge in [-0.25, -0.2) is 0 Å². The molecule has 0 spiro atoms.